The van der Waals surface area contributed by atoms with Crippen molar-refractivity contribution in [2.75, 3.05) is 76.3 Å². The summed E-state index contributed by atoms with van der Waals surface area (Å²) >= 11 is 0. The SMILES string of the molecule is CCN1CC2=C(C1=O)[C@H](c1ccc(C#N)cc1)N(CCC[N+](C)(C)CCCN1C(=O)N(c3cccc(C(F)(F)F)c3)C3=C(C(=O)N(CC)C3)[C@@H]1c1ccc(C#N)cc1)C(=O)N2c1cccc(C(F)(F)F)c1. The second-order valence-electron chi connectivity index (χ2n) is 18.4. The molecule has 0 aromatic heterocycles. The van der Waals surface area contributed by atoms with E-state index in [1.165, 1.54) is 53.7 Å². The molecule has 0 N–H and O–H groups in total. The minimum absolute atomic E-state index is 0.00985. The lowest BCUT2D eigenvalue weighted by molar-refractivity contribution is -0.890. The Bertz CT molecular complexity index is 2720. The van der Waals surface area contributed by atoms with Gasteiger partial charge in [0.15, 0.2) is 0 Å². The summed E-state index contributed by atoms with van der Waals surface area (Å²) in [5.41, 5.74) is 0.768. The lowest BCUT2D eigenvalue weighted by atomic mass is 9.92. The van der Waals surface area contributed by atoms with Gasteiger partial charge in [-0.15, -0.1) is 0 Å². The van der Waals surface area contributed by atoms with Crippen molar-refractivity contribution in [2.45, 2.75) is 51.1 Å². The number of benzene rings is 4. The molecule has 0 bridgehead atoms. The third-order valence-electron chi connectivity index (χ3n) is 13.6. The van der Waals surface area contributed by atoms with Crippen LogP contribution in [0.25, 0.3) is 0 Å². The van der Waals surface area contributed by atoms with E-state index in [-0.39, 0.29) is 85.0 Å². The molecule has 71 heavy (non-hydrogen) atoms. The Morgan fingerprint density at radius 1 is 0.577 bits per heavy atom. The Labute approximate surface area is 406 Å². The number of quaternary nitrogens is 1. The third-order valence-corrected chi connectivity index (χ3v) is 13.6. The fraction of sp³-hybridized carbons (Fsp3) is 0.346. The van der Waals surface area contributed by atoms with Crippen LogP contribution in [0.4, 0.5) is 47.3 Å². The smallest absolute Gasteiger partial charge is 0.333 e. The molecule has 0 aliphatic carbocycles. The minimum atomic E-state index is -4.71. The van der Waals surface area contributed by atoms with E-state index < -0.39 is 47.6 Å². The molecule has 4 aliphatic heterocycles. The highest BCUT2D eigenvalue weighted by atomic mass is 19.4. The average molecular weight is 979 g/mol. The van der Waals surface area contributed by atoms with Crippen molar-refractivity contribution in [3.8, 4) is 12.1 Å². The first kappa shape index (κ1) is 49.8. The first-order chi connectivity index (χ1) is 33.7. The number of carbonyl (C=O) groups excluding carboxylic acids is 4. The Balaban J connectivity index is 1.08. The lowest BCUT2D eigenvalue weighted by Gasteiger charge is -2.43. The quantitative estimate of drug-likeness (QED) is 0.0914. The fourth-order valence-corrected chi connectivity index (χ4v) is 9.97. The number of carbonyl (C=O) groups is 4. The predicted molar refractivity (Wildman–Crippen MR) is 249 cm³/mol. The van der Waals surface area contributed by atoms with E-state index in [0.29, 0.717) is 52.7 Å². The molecule has 0 saturated carbocycles. The summed E-state index contributed by atoms with van der Waals surface area (Å²) in [5.74, 6) is -0.740. The van der Waals surface area contributed by atoms with Gasteiger partial charge >= 0.3 is 24.4 Å². The molecule has 6 amide bonds. The number of hydrogen-bond acceptors (Lipinski definition) is 6. The number of urea groups is 2. The number of hydrogen-bond donors (Lipinski definition) is 0. The number of rotatable bonds is 14. The van der Waals surface area contributed by atoms with Gasteiger partial charge in [-0.3, -0.25) is 19.4 Å². The highest BCUT2D eigenvalue weighted by Crippen LogP contribution is 2.46. The van der Waals surface area contributed by atoms with Gasteiger partial charge in [-0.1, -0.05) is 36.4 Å². The van der Waals surface area contributed by atoms with Gasteiger partial charge in [-0.2, -0.15) is 36.9 Å². The molecule has 0 fully saturated rings. The molecular weight excluding hydrogens is 929 g/mol. The van der Waals surface area contributed by atoms with Gasteiger partial charge in [0.1, 0.15) is 0 Å². The molecule has 8 rings (SSSR count). The maximum Gasteiger partial charge on any atom is 0.416 e. The van der Waals surface area contributed by atoms with E-state index in [1.54, 1.807) is 62.4 Å². The van der Waals surface area contributed by atoms with Crippen molar-refractivity contribution in [3.05, 3.63) is 153 Å². The van der Waals surface area contributed by atoms with Crippen LogP contribution in [-0.2, 0) is 21.9 Å². The molecule has 0 spiro atoms. The van der Waals surface area contributed by atoms with E-state index >= 15 is 0 Å². The Hall–Kier alpha value is -7.64. The maximum absolute atomic E-state index is 14.9. The number of halogens is 6. The van der Waals surface area contributed by atoms with Crippen molar-refractivity contribution >= 4 is 35.3 Å². The zero-order valence-corrected chi connectivity index (χ0v) is 39.4. The summed E-state index contributed by atoms with van der Waals surface area (Å²) in [5, 5.41) is 19.1. The molecule has 0 radical (unpaired) electrons. The van der Waals surface area contributed by atoms with Crippen molar-refractivity contribution < 1.29 is 50.0 Å². The summed E-state index contributed by atoms with van der Waals surface area (Å²) in [4.78, 5) is 66.6. The second-order valence-corrected chi connectivity index (χ2v) is 18.4. The summed E-state index contributed by atoms with van der Waals surface area (Å²) in [6.07, 6.45) is -8.74. The first-order valence-corrected chi connectivity index (χ1v) is 23.1. The number of nitriles is 2. The van der Waals surface area contributed by atoms with Gasteiger partial charge in [0, 0.05) is 39.0 Å². The molecule has 13 nitrogen and oxygen atoms in total. The molecule has 368 valence electrons. The van der Waals surface area contributed by atoms with Crippen LogP contribution in [0, 0.1) is 22.7 Å². The third kappa shape index (κ3) is 9.54. The van der Waals surface area contributed by atoms with Gasteiger partial charge in [-0.05, 0) is 85.6 Å². The van der Waals surface area contributed by atoms with Crippen LogP contribution in [0.3, 0.4) is 0 Å². The van der Waals surface area contributed by atoms with E-state index in [2.05, 4.69) is 12.1 Å². The van der Waals surface area contributed by atoms with Gasteiger partial charge in [0.25, 0.3) is 11.8 Å². The molecule has 4 aromatic rings. The summed E-state index contributed by atoms with van der Waals surface area (Å²) in [7, 11) is 3.88. The monoisotopic (exact) mass is 978 g/mol. The topological polar surface area (TPSA) is 135 Å². The number of alkyl halides is 6. The highest BCUT2D eigenvalue weighted by molar-refractivity contribution is 6.08. The summed E-state index contributed by atoms with van der Waals surface area (Å²) < 4.78 is 84.6. The number of anilines is 2. The average Bonchev–Trinajstić information content (AvgIpc) is 3.85. The molecule has 4 heterocycles. The Kier molecular flexibility index (Phi) is 13.5. The zero-order valence-electron chi connectivity index (χ0n) is 39.4. The molecule has 0 saturated heterocycles. The minimum Gasteiger partial charge on any atom is -0.333 e. The van der Waals surface area contributed by atoms with Crippen LogP contribution in [0.2, 0.25) is 0 Å². The van der Waals surface area contributed by atoms with Gasteiger partial charge in [0.05, 0.1) is 121 Å². The van der Waals surface area contributed by atoms with Crippen LogP contribution in [0.5, 0.6) is 0 Å². The normalized spacial score (nSPS) is 18.7. The van der Waals surface area contributed by atoms with Crippen molar-refractivity contribution in [2.24, 2.45) is 0 Å². The molecule has 0 unspecified atom stereocenters. The molecule has 19 heteroatoms. The molecule has 4 aliphatic rings. The van der Waals surface area contributed by atoms with Crippen LogP contribution < -0.4 is 9.80 Å². The van der Waals surface area contributed by atoms with Crippen LogP contribution in [-0.4, -0.2) is 114 Å². The van der Waals surface area contributed by atoms with Crippen molar-refractivity contribution in [1.29, 1.82) is 10.5 Å². The van der Waals surface area contributed by atoms with E-state index in [1.807, 2.05) is 14.1 Å². The fourth-order valence-electron chi connectivity index (χ4n) is 9.97. The van der Waals surface area contributed by atoms with Crippen LogP contribution >= 0.6 is 0 Å². The molecule has 4 aromatic carbocycles. The largest absolute Gasteiger partial charge is 0.416 e. The van der Waals surface area contributed by atoms with Gasteiger partial charge in [0.2, 0.25) is 0 Å². The predicted octanol–water partition coefficient (Wildman–Crippen LogP) is 9.22. The number of amides is 6. The summed E-state index contributed by atoms with van der Waals surface area (Å²) in [6, 6.07) is 22.8. The number of likely N-dealkylation sites (N-methyl/N-ethyl adjacent to an activating group) is 2. The maximum atomic E-state index is 14.9. The molecule has 2 atom stereocenters. The van der Waals surface area contributed by atoms with E-state index in [4.69, 9.17) is 0 Å². The highest BCUT2D eigenvalue weighted by Gasteiger charge is 2.50. The Morgan fingerprint density at radius 3 is 1.27 bits per heavy atom. The zero-order chi connectivity index (χ0) is 51.2. The van der Waals surface area contributed by atoms with E-state index in [0.717, 1.165) is 24.3 Å². The first-order valence-electron chi connectivity index (χ1n) is 23.1. The second kappa shape index (κ2) is 19.3. The van der Waals surface area contributed by atoms with Crippen molar-refractivity contribution in [1.82, 2.24) is 19.6 Å². The lowest BCUT2D eigenvalue weighted by Crippen LogP contribution is -2.52. The number of nitrogens with zero attached hydrogens (tertiary/aromatic N) is 9. The van der Waals surface area contributed by atoms with Gasteiger partial charge in [-0.25, -0.2) is 9.59 Å². The summed E-state index contributed by atoms with van der Waals surface area (Å²) in [6.45, 7) is 5.03. The van der Waals surface area contributed by atoms with Crippen LogP contribution in [0.1, 0.15) is 72.2 Å². The molecular formula is C52H50F6N9O4+. The standard InChI is InChI=1S/C52H50F6N9O4/c1-5-61-31-41-43(47(61)68)45(35-19-15-33(29-59)16-20-35)63(49(70)65(41)39-13-7-11-37(27-39)51(53,54)55)23-9-25-67(3,4)26-10-24-64-46(36-21-17-34(30-60)18-22-36)44-42(32-62(6-2)48(44)69)66(50(64)71)40-14-8-12-38(28-40)52(56,57)58/h7-8,11-22,27-28,45-46H,5-6,9-10,23-26,31-32H2,1-4H3/q+1/t45-,46-/m0/s1. The van der Waals surface area contributed by atoms with Crippen molar-refractivity contribution in [3.63, 3.8) is 0 Å². The van der Waals surface area contributed by atoms with Crippen LogP contribution in [0.15, 0.2) is 120 Å². The van der Waals surface area contributed by atoms with Gasteiger partial charge < -0.3 is 24.1 Å². The Morgan fingerprint density at radius 2 is 0.944 bits per heavy atom. The van der Waals surface area contributed by atoms with E-state index in [9.17, 15) is 56.0 Å².